The molecule has 1 nitrogen and oxygen atoms in total. The van der Waals surface area contributed by atoms with Crippen LogP contribution in [0.15, 0.2) is 12.3 Å². The molecular formula is C6H15NSi. The Morgan fingerprint density at radius 2 is 2.38 bits per heavy atom. The minimum atomic E-state index is -0.678. The summed E-state index contributed by atoms with van der Waals surface area (Å²) in [7, 11) is 1.34. The molecule has 0 heterocycles. The molecule has 0 bridgehead atoms. The van der Waals surface area contributed by atoms with Crippen LogP contribution in [0, 0.1) is 0 Å². The molecule has 0 rings (SSSR count). The maximum Gasteiger partial charge on any atom is 0.132 e. The molecule has 1 unspecified atom stereocenters. The van der Waals surface area contributed by atoms with E-state index >= 15 is 0 Å². The van der Waals surface area contributed by atoms with E-state index in [-0.39, 0.29) is 0 Å². The largest absolute Gasteiger partial charge is 0.339 e. The Bertz CT molecular complexity index is 63.5. The van der Waals surface area contributed by atoms with Crippen molar-refractivity contribution in [2.45, 2.75) is 19.4 Å². The lowest BCUT2D eigenvalue weighted by molar-refractivity contribution is 1.03. The van der Waals surface area contributed by atoms with E-state index in [9.17, 15) is 0 Å². The number of nitrogens with one attached hydrogen (secondary N) is 1. The summed E-state index contributed by atoms with van der Waals surface area (Å²) < 4.78 is 0. The first-order valence-corrected chi connectivity index (χ1v) is 5.21. The van der Waals surface area contributed by atoms with E-state index in [1.54, 1.807) is 0 Å². The Morgan fingerprint density at radius 3 is 2.50 bits per heavy atom. The summed E-state index contributed by atoms with van der Waals surface area (Å²) in [4.78, 5) is 3.27. The molecule has 2 heteroatoms. The SMILES string of the molecule is C=C[SiH](CCC)NC. The lowest BCUT2D eigenvalue weighted by Gasteiger charge is -2.04. The van der Waals surface area contributed by atoms with Crippen LogP contribution in [0.1, 0.15) is 13.3 Å². The predicted octanol–water partition coefficient (Wildman–Crippen LogP) is 1.06. The van der Waals surface area contributed by atoms with Crippen LogP contribution in [0.25, 0.3) is 0 Å². The summed E-state index contributed by atoms with van der Waals surface area (Å²) >= 11 is 0. The van der Waals surface area contributed by atoms with Gasteiger partial charge in [0.1, 0.15) is 8.96 Å². The van der Waals surface area contributed by atoms with Crippen molar-refractivity contribution in [1.82, 2.24) is 4.98 Å². The van der Waals surface area contributed by atoms with E-state index in [0.29, 0.717) is 0 Å². The van der Waals surface area contributed by atoms with Gasteiger partial charge in [-0.2, -0.15) is 0 Å². The van der Waals surface area contributed by atoms with Gasteiger partial charge in [0.25, 0.3) is 0 Å². The van der Waals surface area contributed by atoms with Gasteiger partial charge in [-0.3, -0.25) is 0 Å². The van der Waals surface area contributed by atoms with Crippen LogP contribution in [-0.2, 0) is 0 Å². The van der Waals surface area contributed by atoms with E-state index in [0.717, 1.165) is 0 Å². The maximum atomic E-state index is 3.75. The number of hydrogen-bond donors (Lipinski definition) is 1. The van der Waals surface area contributed by atoms with E-state index < -0.39 is 8.96 Å². The van der Waals surface area contributed by atoms with Gasteiger partial charge < -0.3 is 4.98 Å². The number of rotatable bonds is 4. The topological polar surface area (TPSA) is 12.0 Å². The quantitative estimate of drug-likeness (QED) is 0.560. The zero-order valence-corrected chi connectivity index (χ0v) is 6.93. The summed E-state index contributed by atoms with van der Waals surface area (Å²) in [6.07, 6.45) is 1.28. The minimum absolute atomic E-state index is 0.678. The molecule has 0 aromatic rings. The van der Waals surface area contributed by atoms with Crippen molar-refractivity contribution in [2.75, 3.05) is 7.05 Å². The summed E-state index contributed by atoms with van der Waals surface area (Å²) in [5.41, 5.74) is 2.09. The van der Waals surface area contributed by atoms with Crippen molar-refractivity contribution >= 4 is 8.96 Å². The smallest absolute Gasteiger partial charge is 0.132 e. The van der Waals surface area contributed by atoms with Crippen LogP contribution < -0.4 is 4.98 Å². The summed E-state index contributed by atoms with van der Waals surface area (Å²) in [6, 6.07) is 1.33. The van der Waals surface area contributed by atoms with Crippen molar-refractivity contribution < 1.29 is 0 Å². The third kappa shape index (κ3) is 2.99. The van der Waals surface area contributed by atoms with Crippen LogP contribution in [0.5, 0.6) is 0 Å². The van der Waals surface area contributed by atoms with Crippen molar-refractivity contribution in [3.63, 3.8) is 0 Å². The Kier molecular flexibility index (Phi) is 5.01. The zero-order chi connectivity index (χ0) is 6.41. The number of hydrogen-bond acceptors (Lipinski definition) is 1. The van der Waals surface area contributed by atoms with Gasteiger partial charge in [0.05, 0.1) is 0 Å². The molecule has 0 aliphatic heterocycles. The molecule has 0 radical (unpaired) electrons. The molecule has 0 saturated carbocycles. The molecular weight excluding hydrogens is 114 g/mol. The van der Waals surface area contributed by atoms with Crippen molar-refractivity contribution in [3.8, 4) is 0 Å². The minimum Gasteiger partial charge on any atom is -0.339 e. The van der Waals surface area contributed by atoms with Gasteiger partial charge in [-0.15, -0.1) is 6.58 Å². The molecule has 0 saturated heterocycles. The van der Waals surface area contributed by atoms with E-state index in [4.69, 9.17) is 0 Å². The Labute approximate surface area is 53.5 Å². The lowest BCUT2D eigenvalue weighted by atomic mass is 10.6. The Morgan fingerprint density at radius 1 is 1.75 bits per heavy atom. The summed E-state index contributed by atoms with van der Waals surface area (Å²) in [6.45, 7) is 5.96. The van der Waals surface area contributed by atoms with Gasteiger partial charge in [0, 0.05) is 0 Å². The first kappa shape index (κ1) is 7.92. The normalized spacial score (nSPS) is 13.2. The van der Waals surface area contributed by atoms with Crippen LogP contribution in [0.4, 0.5) is 0 Å². The van der Waals surface area contributed by atoms with Crippen LogP contribution in [0.3, 0.4) is 0 Å². The third-order valence-electron chi connectivity index (χ3n) is 1.25. The zero-order valence-electron chi connectivity index (χ0n) is 5.78. The molecule has 0 aliphatic rings. The standard InChI is InChI=1S/C6H15NSi/c1-4-6-8(5-2)7-3/h5,7-8H,2,4,6H2,1,3H3. The molecule has 0 amide bonds. The van der Waals surface area contributed by atoms with Crippen molar-refractivity contribution in [3.05, 3.63) is 12.3 Å². The van der Waals surface area contributed by atoms with E-state index in [1.807, 2.05) is 7.05 Å². The molecule has 0 aromatic heterocycles. The molecule has 0 fully saturated rings. The highest BCUT2D eigenvalue weighted by Gasteiger charge is 1.97. The molecule has 0 aliphatic carbocycles. The molecule has 48 valence electrons. The molecule has 0 spiro atoms. The second-order valence-electron chi connectivity index (χ2n) is 1.92. The van der Waals surface area contributed by atoms with Gasteiger partial charge in [0.2, 0.25) is 0 Å². The summed E-state index contributed by atoms with van der Waals surface area (Å²) in [5.74, 6) is 0. The Balaban J connectivity index is 3.21. The second kappa shape index (κ2) is 5.06. The third-order valence-corrected chi connectivity index (χ3v) is 3.76. The average Bonchev–Trinajstić information content (AvgIpc) is 1.83. The predicted molar refractivity (Wildman–Crippen MR) is 41.5 cm³/mol. The highest BCUT2D eigenvalue weighted by molar-refractivity contribution is 6.61. The molecule has 1 atom stereocenters. The fourth-order valence-electron chi connectivity index (χ4n) is 0.691. The monoisotopic (exact) mass is 129 g/mol. The average molecular weight is 129 g/mol. The van der Waals surface area contributed by atoms with E-state index in [1.165, 1.54) is 12.5 Å². The van der Waals surface area contributed by atoms with Gasteiger partial charge >= 0.3 is 0 Å². The summed E-state index contributed by atoms with van der Waals surface area (Å²) in [5, 5.41) is 0. The molecule has 0 aromatic carbocycles. The van der Waals surface area contributed by atoms with Gasteiger partial charge in [0.15, 0.2) is 0 Å². The fraction of sp³-hybridized carbons (Fsp3) is 0.667. The van der Waals surface area contributed by atoms with Gasteiger partial charge in [-0.1, -0.05) is 19.0 Å². The first-order valence-electron chi connectivity index (χ1n) is 3.15. The molecule has 1 N–H and O–H groups in total. The highest BCUT2D eigenvalue weighted by atomic mass is 28.3. The lowest BCUT2D eigenvalue weighted by Crippen LogP contribution is -2.27. The molecule has 8 heavy (non-hydrogen) atoms. The highest BCUT2D eigenvalue weighted by Crippen LogP contribution is 1.92. The van der Waals surface area contributed by atoms with E-state index in [2.05, 4.69) is 24.2 Å². The van der Waals surface area contributed by atoms with Crippen molar-refractivity contribution in [2.24, 2.45) is 0 Å². The van der Waals surface area contributed by atoms with Gasteiger partial charge in [-0.05, 0) is 13.1 Å². The van der Waals surface area contributed by atoms with Gasteiger partial charge in [-0.25, -0.2) is 0 Å². The first-order chi connectivity index (χ1) is 3.85. The maximum absolute atomic E-state index is 3.75. The fourth-order valence-corrected chi connectivity index (χ4v) is 2.07. The second-order valence-corrected chi connectivity index (χ2v) is 4.76. The Hall–Kier alpha value is -0.0831. The van der Waals surface area contributed by atoms with Crippen LogP contribution in [0.2, 0.25) is 6.04 Å². The van der Waals surface area contributed by atoms with Crippen LogP contribution in [-0.4, -0.2) is 16.0 Å². The van der Waals surface area contributed by atoms with Crippen molar-refractivity contribution in [1.29, 1.82) is 0 Å². The van der Waals surface area contributed by atoms with Crippen LogP contribution >= 0.6 is 0 Å².